The van der Waals surface area contributed by atoms with Gasteiger partial charge < -0.3 is 5.32 Å². The minimum Gasteiger partial charge on any atom is -0.340 e. The van der Waals surface area contributed by atoms with E-state index in [1.165, 1.54) is 54.6 Å². The number of benzene rings is 3. The molecule has 0 saturated heterocycles. The van der Waals surface area contributed by atoms with E-state index in [1.807, 2.05) is 0 Å². The molecule has 0 amide bonds. The number of non-ortho nitro benzene ring substituents is 2. The Balaban J connectivity index is 1.86. The third kappa shape index (κ3) is 4.54. The van der Waals surface area contributed by atoms with Crippen molar-refractivity contribution in [3.05, 3.63) is 92.5 Å². The van der Waals surface area contributed by atoms with Crippen LogP contribution in [-0.4, -0.2) is 19.8 Å². The van der Waals surface area contributed by atoms with Crippen LogP contribution in [0.5, 0.6) is 0 Å². The fourth-order valence-electron chi connectivity index (χ4n) is 3.09. The van der Waals surface area contributed by atoms with Crippen molar-refractivity contribution in [2.75, 3.05) is 5.32 Å². The highest BCUT2D eigenvalue weighted by Crippen LogP contribution is 2.34. The van der Waals surface area contributed by atoms with Gasteiger partial charge in [0.25, 0.3) is 11.4 Å². The van der Waals surface area contributed by atoms with Crippen molar-refractivity contribution < 1.29 is 23.0 Å². The summed E-state index contributed by atoms with van der Waals surface area (Å²) in [7, 11) is 0. The standard InChI is InChI=1S/C21H12F3N5O4/c22-21(23,24)13-3-1-2-12(10-13)19-26-18-9-8-16(29(32)33)11-17(18)20(27-19)25-14-4-6-15(7-5-14)28(30)31/h1-11H,(H,25,26,27). The summed E-state index contributed by atoms with van der Waals surface area (Å²) in [5.41, 5.74) is -0.526. The van der Waals surface area contributed by atoms with E-state index in [9.17, 15) is 33.4 Å². The maximum absolute atomic E-state index is 13.1. The Morgan fingerprint density at radius 1 is 0.818 bits per heavy atom. The molecule has 4 rings (SSSR count). The Hall–Kier alpha value is -4.61. The molecule has 0 aliphatic carbocycles. The zero-order valence-electron chi connectivity index (χ0n) is 16.4. The molecule has 0 fully saturated rings. The van der Waals surface area contributed by atoms with Crippen LogP contribution in [0.15, 0.2) is 66.7 Å². The molecule has 0 bridgehead atoms. The van der Waals surface area contributed by atoms with Crippen molar-refractivity contribution in [3.63, 3.8) is 0 Å². The van der Waals surface area contributed by atoms with Gasteiger partial charge in [-0.15, -0.1) is 0 Å². The van der Waals surface area contributed by atoms with Crippen molar-refractivity contribution in [2.24, 2.45) is 0 Å². The first-order valence-corrected chi connectivity index (χ1v) is 9.27. The van der Waals surface area contributed by atoms with Crippen LogP contribution in [0.25, 0.3) is 22.3 Å². The highest BCUT2D eigenvalue weighted by atomic mass is 19.4. The zero-order chi connectivity index (χ0) is 23.8. The molecule has 12 heteroatoms. The van der Waals surface area contributed by atoms with E-state index in [0.717, 1.165) is 12.1 Å². The lowest BCUT2D eigenvalue weighted by atomic mass is 10.1. The third-order valence-corrected chi connectivity index (χ3v) is 4.68. The smallest absolute Gasteiger partial charge is 0.340 e. The lowest BCUT2D eigenvalue weighted by molar-refractivity contribution is -0.385. The second kappa shape index (κ2) is 8.15. The molecule has 1 aromatic heterocycles. The number of nitro groups is 2. The maximum atomic E-state index is 13.1. The van der Waals surface area contributed by atoms with Gasteiger partial charge in [-0.3, -0.25) is 20.2 Å². The molecule has 1 heterocycles. The Labute approximate surface area is 182 Å². The molecule has 3 aromatic carbocycles. The number of fused-ring (bicyclic) bond motifs is 1. The first-order valence-electron chi connectivity index (χ1n) is 9.27. The number of aromatic nitrogens is 2. The van der Waals surface area contributed by atoms with E-state index in [0.29, 0.717) is 5.69 Å². The number of anilines is 2. The monoisotopic (exact) mass is 455 g/mol. The molecule has 0 unspecified atom stereocenters. The molecule has 0 aliphatic rings. The molecule has 0 spiro atoms. The Morgan fingerprint density at radius 3 is 2.12 bits per heavy atom. The number of alkyl halides is 3. The molecular formula is C21H12F3N5O4. The van der Waals surface area contributed by atoms with Crippen LogP contribution in [0, 0.1) is 20.2 Å². The van der Waals surface area contributed by atoms with Crippen molar-refractivity contribution in [1.82, 2.24) is 9.97 Å². The lowest BCUT2D eigenvalue weighted by Crippen LogP contribution is -2.05. The van der Waals surface area contributed by atoms with E-state index < -0.39 is 21.6 Å². The number of nitrogens with one attached hydrogen (secondary N) is 1. The SMILES string of the molecule is O=[N+]([O-])c1ccc(Nc2nc(-c3cccc(C(F)(F)F)c3)nc3ccc([N+](=O)[O-])cc23)cc1. The maximum Gasteiger partial charge on any atom is 0.416 e. The van der Waals surface area contributed by atoms with Gasteiger partial charge in [0.15, 0.2) is 5.82 Å². The van der Waals surface area contributed by atoms with Gasteiger partial charge in [-0.25, -0.2) is 9.97 Å². The highest BCUT2D eigenvalue weighted by molar-refractivity contribution is 5.93. The molecule has 9 nitrogen and oxygen atoms in total. The first kappa shape index (κ1) is 21.6. The molecule has 4 aromatic rings. The predicted molar refractivity (Wildman–Crippen MR) is 113 cm³/mol. The summed E-state index contributed by atoms with van der Waals surface area (Å²) in [6.07, 6.45) is -4.56. The first-order chi connectivity index (χ1) is 15.6. The molecule has 0 aliphatic heterocycles. The zero-order valence-corrected chi connectivity index (χ0v) is 16.4. The van der Waals surface area contributed by atoms with Gasteiger partial charge in [-0.1, -0.05) is 12.1 Å². The van der Waals surface area contributed by atoms with Gasteiger partial charge in [-0.2, -0.15) is 13.2 Å². The molecular weight excluding hydrogens is 443 g/mol. The van der Waals surface area contributed by atoms with Gasteiger partial charge in [0.2, 0.25) is 0 Å². The highest BCUT2D eigenvalue weighted by Gasteiger charge is 2.30. The Morgan fingerprint density at radius 2 is 1.48 bits per heavy atom. The number of hydrogen-bond donors (Lipinski definition) is 1. The van der Waals surface area contributed by atoms with Crippen LogP contribution in [0.1, 0.15) is 5.56 Å². The summed E-state index contributed by atoms with van der Waals surface area (Å²) in [5, 5.41) is 25.2. The summed E-state index contributed by atoms with van der Waals surface area (Å²) in [6.45, 7) is 0. The topological polar surface area (TPSA) is 124 Å². The van der Waals surface area contributed by atoms with Gasteiger partial charge in [0.1, 0.15) is 5.82 Å². The van der Waals surface area contributed by atoms with E-state index in [1.54, 1.807) is 0 Å². The normalized spacial score (nSPS) is 11.4. The van der Waals surface area contributed by atoms with Crippen molar-refractivity contribution in [1.29, 1.82) is 0 Å². The van der Waals surface area contributed by atoms with Crippen LogP contribution >= 0.6 is 0 Å². The minimum absolute atomic E-state index is 0.0353. The molecule has 0 radical (unpaired) electrons. The second-order valence-corrected chi connectivity index (χ2v) is 6.86. The summed E-state index contributed by atoms with van der Waals surface area (Å²) < 4.78 is 39.4. The van der Waals surface area contributed by atoms with Gasteiger partial charge in [0, 0.05) is 40.9 Å². The second-order valence-electron chi connectivity index (χ2n) is 6.86. The van der Waals surface area contributed by atoms with E-state index in [2.05, 4.69) is 15.3 Å². The van der Waals surface area contributed by atoms with Gasteiger partial charge in [-0.05, 0) is 30.3 Å². The lowest BCUT2D eigenvalue weighted by Gasteiger charge is -2.12. The van der Waals surface area contributed by atoms with E-state index in [4.69, 9.17) is 0 Å². The number of hydrogen-bond acceptors (Lipinski definition) is 7. The number of halogens is 3. The fourth-order valence-corrected chi connectivity index (χ4v) is 3.09. The molecule has 166 valence electrons. The summed E-state index contributed by atoms with van der Waals surface area (Å²) in [6, 6.07) is 13.6. The van der Waals surface area contributed by atoms with Gasteiger partial charge in [0.05, 0.1) is 20.9 Å². The average molecular weight is 455 g/mol. The van der Waals surface area contributed by atoms with Gasteiger partial charge >= 0.3 is 6.18 Å². The van der Waals surface area contributed by atoms with Crippen LogP contribution in [0.2, 0.25) is 0 Å². The minimum atomic E-state index is -4.56. The largest absolute Gasteiger partial charge is 0.416 e. The van der Waals surface area contributed by atoms with Crippen LogP contribution in [-0.2, 0) is 6.18 Å². The number of nitrogens with zero attached hydrogens (tertiary/aromatic N) is 4. The number of rotatable bonds is 5. The fraction of sp³-hybridized carbons (Fsp3) is 0.0476. The Bertz CT molecular complexity index is 1390. The Kier molecular flexibility index (Phi) is 5.34. The molecule has 1 N–H and O–H groups in total. The van der Waals surface area contributed by atoms with Crippen LogP contribution < -0.4 is 5.32 Å². The van der Waals surface area contributed by atoms with E-state index in [-0.39, 0.29) is 39.5 Å². The summed E-state index contributed by atoms with van der Waals surface area (Å²) in [5.74, 6) is 0.0526. The summed E-state index contributed by atoms with van der Waals surface area (Å²) in [4.78, 5) is 29.5. The average Bonchev–Trinajstić information content (AvgIpc) is 2.78. The van der Waals surface area contributed by atoms with Crippen LogP contribution in [0.4, 0.5) is 36.1 Å². The molecule has 0 atom stereocenters. The van der Waals surface area contributed by atoms with E-state index >= 15 is 0 Å². The van der Waals surface area contributed by atoms with Crippen molar-refractivity contribution in [3.8, 4) is 11.4 Å². The number of nitro benzene ring substituents is 2. The molecule has 0 saturated carbocycles. The molecule has 33 heavy (non-hydrogen) atoms. The third-order valence-electron chi connectivity index (χ3n) is 4.68. The predicted octanol–water partition coefficient (Wildman–Crippen LogP) is 5.88. The van der Waals surface area contributed by atoms with Crippen molar-refractivity contribution >= 4 is 33.8 Å². The van der Waals surface area contributed by atoms with Crippen LogP contribution in [0.3, 0.4) is 0 Å². The van der Waals surface area contributed by atoms with Crippen molar-refractivity contribution in [2.45, 2.75) is 6.18 Å². The summed E-state index contributed by atoms with van der Waals surface area (Å²) >= 11 is 0. The quantitative estimate of drug-likeness (QED) is 0.294.